The van der Waals surface area contributed by atoms with Gasteiger partial charge in [0.2, 0.25) is 0 Å². The van der Waals surface area contributed by atoms with Crippen LogP contribution in [0.3, 0.4) is 0 Å². The highest BCUT2D eigenvalue weighted by atomic mass is 16.5. The van der Waals surface area contributed by atoms with Gasteiger partial charge in [-0.1, -0.05) is 0 Å². The Kier molecular flexibility index (Phi) is 4.94. The van der Waals surface area contributed by atoms with Crippen LogP contribution in [-0.4, -0.2) is 20.0 Å². The summed E-state index contributed by atoms with van der Waals surface area (Å²) in [6.45, 7) is 2.27. The summed E-state index contributed by atoms with van der Waals surface area (Å²) < 4.78 is 10.6. The van der Waals surface area contributed by atoms with E-state index in [1.807, 2.05) is 0 Å². The lowest BCUT2D eigenvalue weighted by atomic mass is 10.2. The summed E-state index contributed by atoms with van der Waals surface area (Å²) in [5, 5.41) is 0. The third kappa shape index (κ3) is 3.32. The van der Waals surface area contributed by atoms with Gasteiger partial charge < -0.3 is 9.47 Å². The van der Waals surface area contributed by atoms with Crippen molar-refractivity contribution < 1.29 is 14.3 Å². The highest BCUT2D eigenvalue weighted by molar-refractivity contribution is 5.76. The molecule has 3 nitrogen and oxygen atoms in total. The zero-order valence-corrected chi connectivity index (χ0v) is 9.45. The zero-order chi connectivity index (χ0) is 11.8. The number of ether oxygens (including phenoxy) is 2. The summed E-state index contributed by atoms with van der Waals surface area (Å²) in [6.07, 6.45) is 1.43. The molecule has 0 saturated carbocycles. The van der Waals surface area contributed by atoms with Crippen LogP contribution < -0.4 is 9.47 Å². The Balaban J connectivity index is 2.73. The largest absolute Gasteiger partial charge is 0.493 e. The lowest BCUT2D eigenvalue weighted by molar-refractivity contribution is 0.112. The number of methoxy groups -OCH3 is 1. The van der Waals surface area contributed by atoms with E-state index in [1.165, 1.54) is 0 Å². The molecule has 0 radical (unpaired) electrons. The van der Waals surface area contributed by atoms with Gasteiger partial charge in [0.25, 0.3) is 0 Å². The molecule has 1 aromatic carbocycles. The van der Waals surface area contributed by atoms with Gasteiger partial charge in [-0.05, 0) is 25.1 Å². The lowest BCUT2D eigenvalue weighted by Gasteiger charge is -2.09. The third-order valence-electron chi connectivity index (χ3n) is 1.99. The van der Waals surface area contributed by atoms with Crippen molar-refractivity contribution in [3.8, 4) is 23.3 Å². The predicted octanol–water partition coefficient (Wildman–Crippen LogP) is 2.30. The summed E-state index contributed by atoms with van der Waals surface area (Å²) in [7, 11) is 1.56. The van der Waals surface area contributed by atoms with Gasteiger partial charge in [-0.15, -0.1) is 11.8 Å². The molecule has 0 fully saturated rings. The van der Waals surface area contributed by atoms with E-state index in [0.717, 1.165) is 6.29 Å². The second kappa shape index (κ2) is 6.52. The normalized spacial score (nSPS) is 8.88. The van der Waals surface area contributed by atoms with Crippen molar-refractivity contribution in [1.82, 2.24) is 0 Å². The fraction of sp³-hybridized carbons (Fsp3) is 0.308. The van der Waals surface area contributed by atoms with E-state index in [4.69, 9.17) is 9.47 Å². The van der Waals surface area contributed by atoms with E-state index in [-0.39, 0.29) is 0 Å². The van der Waals surface area contributed by atoms with Crippen molar-refractivity contribution in [1.29, 1.82) is 0 Å². The summed E-state index contributed by atoms with van der Waals surface area (Å²) in [5.41, 5.74) is 0.567. The molecule has 0 atom stereocenters. The summed E-state index contributed by atoms with van der Waals surface area (Å²) in [4.78, 5) is 10.6. The average molecular weight is 218 g/mol. The first-order valence-corrected chi connectivity index (χ1v) is 4.97. The van der Waals surface area contributed by atoms with Crippen LogP contribution in [0.15, 0.2) is 18.2 Å². The number of aldehydes is 1. The molecule has 1 aromatic rings. The molecule has 0 aromatic heterocycles. The van der Waals surface area contributed by atoms with Gasteiger partial charge in [0.1, 0.15) is 6.29 Å². The molecular formula is C13H14O3. The lowest BCUT2D eigenvalue weighted by Crippen LogP contribution is -1.99. The Bertz CT molecular complexity index is 413. The predicted molar refractivity (Wildman–Crippen MR) is 61.9 cm³/mol. The minimum absolute atomic E-state index is 0.486. The highest BCUT2D eigenvalue weighted by Gasteiger charge is 2.04. The number of benzene rings is 1. The van der Waals surface area contributed by atoms with Gasteiger partial charge in [-0.25, -0.2) is 0 Å². The molecule has 0 aliphatic carbocycles. The average Bonchev–Trinajstić information content (AvgIpc) is 2.34. The number of rotatable bonds is 5. The smallest absolute Gasteiger partial charge is 0.161 e. The second-order valence-corrected chi connectivity index (χ2v) is 3.05. The quantitative estimate of drug-likeness (QED) is 0.432. The van der Waals surface area contributed by atoms with Crippen molar-refractivity contribution in [2.45, 2.75) is 13.3 Å². The number of carbonyl (C=O) groups excluding carboxylic acids is 1. The summed E-state index contributed by atoms with van der Waals surface area (Å²) >= 11 is 0. The Morgan fingerprint density at radius 2 is 2.19 bits per heavy atom. The molecule has 0 aliphatic heterocycles. The fourth-order valence-electron chi connectivity index (χ4n) is 1.22. The Hall–Kier alpha value is -1.95. The van der Waals surface area contributed by atoms with Crippen LogP contribution in [0, 0.1) is 11.8 Å². The molecule has 3 heteroatoms. The standard InChI is InChI=1S/C13H14O3/c1-3-4-5-8-16-13-9-11(10-14)6-7-12(13)15-2/h6-7,9-10H,5,8H2,1-2H3. The molecule has 0 spiro atoms. The SMILES string of the molecule is CC#CCCOc1cc(C=O)ccc1OC. The zero-order valence-electron chi connectivity index (χ0n) is 9.45. The fourth-order valence-corrected chi connectivity index (χ4v) is 1.22. The molecule has 0 heterocycles. The van der Waals surface area contributed by atoms with Crippen molar-refractivity contribution in [2.75, 3.05) is 13.7 Å². The number of carbonyl (C=O) groups is 1. The highest BCUT2D eigenvalue weighted by Crippen LogP contribution is 2.27. The molecule has 0 aliphatic rings. The van der Waals surface area contributed by atoms with E-state index >= 15 is 0 Å². The Morgan fingerprint density at radius 1 is 1.38 bits per heavy atom. The molecule has 0 saturated heterocycles. The molecule has 84 valence electrons. The molecule has 0 unspecified atom stereocenters. The van der Waals surface area contributed by atoms with Crippen molar-refractivity contribution in [2.24, 2.45) is 0 Å². The molecular weight excluding hydrogens is 204 g/mol. The minimum atomic E-state index is 0.486. The van der Waals surface area contributed by atoms with E-state index < -0.39 is 0 Å². The topological polar surface area (TPSA) is 35.5 Å². The van der Waals surface area contributed by atoms with E-state index in [2.05, 4.69) is 11.8 Å². The van der Waals surface area contributed by atoms with Crippen LogP contribution in [0.2, 0.25) is 0 Å². The number of hydrogen-bond acceptors (Lipinski definition) is 3. The second-order valence-electron chi connectivity index (χ2n) is 3.05. The number of hydrogen-bond donors (Lipinski definition) is 0. The van der Waals surface area contributed by atoms with Gasteiger partial charge in [0.15, 0.2) is 11.5 Å². The maximum Gasteiger partial charge on any atom is 0.161 e. The van der Waals surface area contributed by atoms with Gasteiger partial charge in [-0.2, -0.15) is 0 Å². The molecule has 0 amide bonds. The summed E-state index contributed by atoms with van der Waals surface area (Å²) in [6, 6.07) is 5.06. The van der Waals surface area contributed by atoms with Crippen LogP contribution in [0.5, 0.6) is 11.5 Å². The van der Waals surface area contributed by atoms with Crippen molar-refractivity contribution in [3.63, 3.8) is 0 Å². The van der Waals surface area contributed by atoms with Gasteiger partial charge >= 0.3 is 0 Å². The van der Waals surface area contributed by atoms with Gasteiger partial charge in [-0.3, -0.25) is 4.79 Å². The molecule has 1 rings (SSSR count). The van der Waals surface area contributed by atoms with Crippen LogP contribution in [0.25, 0.3) is 0 Å². The van der Waals surface area contributed by atoms with Gasteiger partial charge in [0.05, 0.1) is 13.7 Å². The maximum atomic E-state index is 10.6. The van der Waals surface area contributed by atoms with E-state index in [1.54, 1.807) is 32.2 Å². The van der Waals surface area contributed by atoms with Crippen LogP contribution in [0.1, 0.15) is 23.7 Å². The third-order valence-corrected chi connectivity index (χ3v) is 1.99. The van der Waals surface area contributed by atoms with Gasteiger partial charge in [0, 0.05) is 12.0 Å². The van der Waals surface area contributed by atoms with E-state index in [0.29, 0.717) is 30.1 Å². The first-order chi connectivity index (χ1) is 7.81. The van der Waals surface area contributed by atoms with Crippen molar-refractivity contribution >= 4 is 6.29 Å². The monoisotopic (exact) mass is 218 g/mol. The van der Waals surface area contributed by atoms with Crippen LogP contribution >= 0.6 is 0 Å². The Labute approximate surface area is 95.4 Å². The maximum absolute atomic E-state index is 10.6. The minimum Gasteiger partial charge on any atom is -0.493 e. The van der Waals surface area contributed by atoms with Crippen molar-refractivity contribution in [3.05, 3.63) is 23.8 Å². The first kappa shape index (κ1) is 12.1. The first-order valence-electron chi connectivity index (χ1n) is 4.97. The Morgan fingerprint density at radius 3 is 2.81 bits per heavy atom. The molecule has 0 N–H and O–H groups in total. The summed E-state index contributed by atoms with van der Waals surface area (Å²) in [5.74, 6) is 6.88. The molecule has 0 bridgehead atoms. The van der Waals surface area contributed by atoms with Crippen LogP contribution in [-0.2, 0) is 0 Å². The molecule has 16 heavy (non-hydrogen) atoms. The van der Waals surface area contributed by atoms with Crippen LogP contribution in [0.4, 0.5) is 0 Å². The van der Waals surface area contributed by atoms with E-state index in [9.17, 15) is 4.79 Å².